The predicted molar refractivity (Wildman–Crippen MR) is 114 cm³/mol. The van der Waals surface area contributed by atoms with Crippen LogP contribution in [-0.4, -0.2) is 75.9 Å². The second-order valence-electron chi connectivity index (χ2n) is 8.11. The Balaban J connectivity index is 1.57. The van der Waals surface area contributed by atoms with Crippen molar-refractivity contribution in [3.63, 3.8) is 0 Å². The van der Waals surface area contributed by atoms with Gasteiger partial charge in [-0.15, -0.1) is 0 Å². The lowest BCUT2D eigenvalue weighted by Gasteiger charge is -2.41. The Morgan fingerprint density at radius 2 is 1.80 bits per heavy atom. The molecule has 1 aromatic rings. The van der Waals surface area contributed by atoms with Crippen LogP contribution in [0.2, 0.25) is 0 Å². The van der Waals surface area contributed by atoms with Gasteiger partial charge in [0.25, 0.3) is 0 Å². The molecule has 8 nitrogen and oxygen atoms in total. The van der Waals surface area contributed by atoms with Gasteiger partial charge in [0.1, 0.15) is 11.5 Å². The van der Waals surface area contributed by atoms with Crippen LogP contribution in [0.15, 0.2) is 18.2 Å². The third-order valence-electron chi connectivity index (χ3n) is 6.46. The van der Waals surface area contributed by atoms with Gasteiger partial charge in [0.05, 0.1) is 26.5 Å². The molecule has 0 aromatic heterocycles. The normalized spacial score (nSPS) is 18.8. The summed E-state index contributed by atoms with van der Waals surface area (Å²) < 4.78 is 15.7. The second-order valence-corrected chi connectivity index (χ2v) is 8.11. The molecular formula is C22H33N3O5. The highest BCUT2D eigenvalue weighted by molar-refractivity contribution is 5.91. The van der Waals surface area contributed by atoms with Crippen molar-refractivity contribution in [1.82, 2.24) is 9.80 Å². The van der Waals surface area contributed by atoms with Crippen LogP contribution in [0, 0.1) is 5.41 Å². The van der Waals surface area contributed by atoms with Gasteiger partial charge in [-0.05, 0) is 43.2 Å². The van der Waals surface area contributed by atoms with Crippen molar-refractivity contribution in [2.24, 2.45) is 5.41 Å². The molecule has 1 N–H and O–H groups in total. The van der Waals surface area contributed by atoms with Crippen LogP contribution in [0.1, 0.15) is 32.1 Å². The van der Waals surface area contributed by atoms with Crippen LogP contribution in [0.25, 0.3) is 0 Å². The zero-order chi connectivity index (χ0) is 21.6. The first-order valence-corrected chi connectivity index (χ1v) is 10.5. The third-order valence-corrected chi connectivity index (χ3v) is 6.46. The highest BCUT2D eigenvalue weighted by Crippen LogP contribution is 2.41. The number of urea groups is 1. The number of hydrogen-bond acceptors (Lipinski definition) is 5. The monoisotopic (exact) mass is 419 g/mol. The van der Waals surface area contributed by atoms with E-state index in [2.05, 4.69) is 5.32 Å². The summed E-state index contributed by atoms with van der Waals surface area (Å²) in [6.45, 7) is 3.37. The van der Waals surface area contributed by atoms with E-state index < -0.39 is 0 Å². The van der Waals surface area contributed by atoms with E-state index in [1.165, 1.54) is 0 Å². The molecule has 1 aromatic carbocycles. The largest absolute Gasteiger partial charge is 0.497 e. The van der Waals surface area contributed by atoms with Gasteiger partial charge in [0, 0.05) is 45.8 Å². The first-order valence-electron chi connectivity index (χ1n) is 10.5. The van der Waals surface area contributed by atoms with Crippen molar-refractivity contribution in [3.8, 4) is 11.5 Å². The summed E-state index contributed by atoms with van der Waals surface area (Å²) in [6, 6.07) is 5.19. The highest BCUT2D eigenvalue weighted by atomic mass is 16.5. The summed E-state index contributed by atoms with van der Waals surface area (Å²) in [7, 11) is 4.82. The fraction of sp³-hybridized carbons (Fsp3) is 0.636. The summed E-state index contributed by atoms with van der Waals surface area (Å²) in [5.41, 5.74) is 0.734. The molecule has 30 heavy (non-hydrogen) atoms. The number of nitrogens with zero attached hydrogens (tertiary/aromatic N) is 2. The lowest BCUT2D eigenvalue weighted by molar-refractivity contribution is -0.131. The molecule has 0 bridgehead atoms. The Kier molecular flexibility index (Phi) is 7.42. The maximum absolute atomic E-state index is 12.8. The first kappa shape index (κ1) is 22.2. The van der Waals surface area contributed by atoms with Crippen molar-refractivity contribution >= 4 is 17.6 Å². The topological polar surface area (TPSA) is 80.3 Å². The zero-order valence-corrected chi connectivity index (χ0v) is 18.2. The van der Waals surface area contributed by atoms with Gasteiger partial charge in [-0.2, -0.15) is 0 Å². The summed E-state index contributed by atoms with van der Waals surface area (Å²) in [4.78, 5) is 29.0. The van der Waals surface area contributed by atoms with E-state index >= 15 is 0 Å². The van der Waals surface area contributed by atoms with Gasteiger partial charge < -0.3 is 29.3 Å². The van der Waals surface area contributed by atoms with E-state index in [1.54, 1.807) is 39.5 Å². The molecule has 3 amide bonds. The number of likely N-dealkylation sites (tertiary alicyclic amines) is 2. The number of ether oxygens (including phenoxy) is 3. The van der Waals surface area contributed by atoms with Gasteiger partial charge in [-0.3, -0.25) is 4.79 Å². The second kappa shape index (κ2) is 10.0. The maximum atomic E-state index is 12.8. The van der Waals surface area contributed by atoms with Crippen LogP contribution in [-0.2, 0) is 9.53 Å². The number of carbonyl (C=O) groups excluding carboxylic acids is 2. The number of anilines is 1. The van der Waals surface area contributed by atoms with E-state index in [9.17, 15) is 9.59 Å². The molecule has 2 fully saturated rings. The number of carbonyl (C=O) groups is 2. The predicted octanol–water partition coefficient (Wildman–Crippen LogP) is 2.98. The molecule has 166 valence electrons. The number of piperidine rings is 1. The molecule has 0 radical (unpaired) electrons. The van der Waals surface area contributed by atoms with Gasteiger partial charge in [-0.1, -0.05) is 0 Å². The van der Waals surface area contributed by atoms with Gasteiger partial charge in [-0.25, -0.2) is 4.79 Å². The summed E-state index contributed by atoms with van der Waals surface area (Å²) in [5, 5.41) is 2.95. The number of nitrogens with one attached hydrogen (secondary N) is 1. The van der Waals surface area contributed by atoms with Crippen LogP contribution in [0.3, 0.4) is 0 Å². The van der Waals surface area contributed by atoms with E-state index in [4.69, 9.17) is 14.2 Å². The van der Waals surface area contributed by atoms with E-state index in [0.717, 1.165) is 32.2 Å². The number of methoxy groups -OCH3 is 3. The molecule has 3 rings (SSSR count). The van der Waals surface area contributed by atoms with Crippen molar-refractivity contribution in [2.45, 2.75) is 32.1 Å². The lowest BCUT2D eigenvalue weighted by Crippen LogP contribution is -2.45. The molecule has 2 aliphatic heterocycles. The fourth-order valence-electron chi connectivity index (χ4n) is 4.38. The molecule has 0 unspecified atom stereocenters. The van der Waals surface area contributed by atoms with Crippen LogP contribution >= 0.6 is 0 Å². The maximum Gasteiger partial charge on any atom is 0.321 e. The minimum atomic E-state index is -0.136. The number of amides is 3. The highest BCUT2D eigenvalue weighted by Gasteiger charge is 2.38. The van der Waals surface area contributed by atoms with Crippen LogP contribution < -0.4 is 14.8 Å². The Morgan fingerprint density at radius 1 is 1.07 bits per heavy atom. The lowest BCUT2D eigenvalue weighted by atomic mass is 9.73. The standard InChI is InChI=1S/C22H33N3O5/c1-28-15-14-24-11-8-22(7-6-20(24)26)9-12-25(13-10-22)21(27)23-18-16-17(29-2)4-5-19(18)30-3/h4-5,16H,6-15H2,1-3H3,(H,23,27). The molecule has 2 heterocycles. The van der Waals surface area contributed by atoms with Crippen molar-refractivity contribution in [1.29, 1.82) is 0 Å². The molecule has 0 atom stereocenters. The summed E-state index contributed by atoms with van der Waals surface area (Å²) in [6.07, 6.45) is 4.30. The van der Waals surface area contributed by atoms with E-state index in [-0.39, 0.29) is 17.4 Å². The molecule has 2 saturated heterocycles. The number of rotatable bonds is 6. The van der Waals surface area contributed by atoms with Crippen LogP contribution in [0.5, 0.6) is 11.5 Å². The fourth-order valence-corrected chi connectivity index (χ4v) is 4.38. The van der Waals surface area contributed by atoms with Crippen molar-refractivity contribution in [3.05, 3.63) is 18.2 Å². The Bertz CT molecular complexity index is 746. The summed E-state index contributed by atoms with van der Waals surface area (Å²) in [5.74, 6) is 1.47. The zero-order valence-electron chi connectivity index (χ0n) is 18.2. The SMILES string of the molecule is COCCN1CCC2(CCC1=O)CCN(C(=O)Nc1cc(OC)ccc1OC)CC2. The Labute approximate surface area is 178 Å². The van der Waals surface area contributed by atoms with E-state index in [1.807, 2.05) is 9.80 Å². The average molecular weight is 420 g/mol. The molecular weight excluding hydrogens is 386 g/mol. The summed E-state index contributed by atoms with van der Waals surface area (Å²) >= 11 is 0. The molecule has 0 aliphatic carbocycles. The quantitative estimate of drug-likeness (QED) is 0.767. The molecule has 0 saturated carbocycles. The average Bonchev–Trinajstić information content (AvgIpc) is 2.92. The molecule has 2 aliphatic rings. The van der Waals surface area contributed by atoms with Gasteiger partial charge in [0.2, 0.25) is 5.91 Å². The minimum absolute atomic E-state index is 0.136. The third kappa shape index (κ3) is 5.16. The number of hydrogen-bond donors (Lipinski definition) is 1. The Hall–Kier alpha value is -2.48. The van der Waals surface area contributed by atoms with Gasteiger partial charge in [0.15, 0.2) is 0 Å². The van der Waals surface area contributed by atoms with E-state index in [0.29, 0.717) is 49.8 Å². The Morgan fingerprint density at radius 3 is 2.47 bits per heavy atom. The number of benzene rings is 1. The molecule has 8 heteroatoms. The smallest absolute Gasteiger partial charge is 0.321 e. The van der Waals surface area contributed by atoms with Crippen molar-refractivity contribution < 1.29 is 23.8 Å². The van der Waals surface area contributed by atoms with Crippen LogP contribution in [0.4, 0.5) is 10.5 Å². The molecule has 1 spiro atoms. The first-order chi connectivity index (χ1) is 14.5. The minimum Gasteiger partial charge on any atom is -0.497 e. The van der Waals surface area contributed by atoms with Crippen molar-refractivity contribution in [2.75, 3.05) is 59.4 Å². The van der Waals surface area contributed by atoms with Gasteiger partial charge >= 0.3 is 6.03 Å².